The second-order valence-corrected chi connectivity index (χ2v) is 6.19. The number of carbonyl (C=O) groups is 1. The Bertz CT molecular complexity index is 805. The fraction of sp³-hybridized carbons (Fsp3) is 0.200. The van der Waals surface area contributed by atoms with Crippen LogP contribution < -0.4 is 0 Å². The van der Waals surface area contributed by atoms with Crippen LogP contribution in [-0.2, 0) is 6.42 Å². The van der Waals surface area contributed by atoms with Gasteiger partial charge < -0.3 is 5.11 Å². The summed E-state index contributed by atoms with van der Waals surface area (Å²) in [6.07, 6.45) is 1.79. The quantitative estimate of drug-likeness (QED) is 0.775. The number of rotatable bonds is 4. The first-order valence-electron chi connectivity index (χ1n) is 6.61. The van der Waals surface area contributed by atoms with Gasteiger partial charge in [-0.3, -0.25) is 0 Å². The van der Waals surface area contributed by atoms with Crippen LogP contribution in [0, 0.1) is 0 Å². The molecule has 2 aromatic heterocycles. The number of benzene rings is 1. The van der Waals surface area contributed by atoms with Gasteiger partial charge in [0.15, 0.2) is 0 Å². The average molecular weight is 321 g/mol. The van der Waals surface area contributed by atoms with E-state index in [1.807, 2.05) is 12.1 Å². The maximum atomic E-state index is 11.2. The van der Waals surface area contributed by atoms with E-state index in [4.69, 9.17) is 11.6 Å². The molecular weight excluding hydrogens is 308 g/mol. The molecule has 0 aliphatic carbocycles. The number of nitrogens with zero attached hydrogens (tertiary/aromatic N) is 2. The van der Waals surface area contributed by atoms with Crippen molar-refractivity contribution in [3.8, 4) is 5.69 Å². The highest BCUT2D eigenvalue weighted by Crippen LogP contribution is 2.31. The Morgan fingerprint density at radius 3 is 2.71 bits per heavy atom. The lowest BCUT2D eigenvalue weighted by Crippen LogP contribution is -1.97. The molecule has 1 N–H and O–H groups in total. The summed E-state index contributed by atoms with van der Waals surface area (Å²) < 4.78 is 1.80. The van der Waals surface area contributed by atoms with Crippen LogP contribution in [0.15, 0.2) is 30.3 Å². The number of halogens is 1. The van der Waals surface area contributed by atoms with Gasteiger partial charge in [-0.15, -0.1) is 11.3 Å². The minimum absolute atomic E-state index is 0.336. The zero-order valence-corrected chi connectivity index (χ0v) is 12.9. The summed E-state index contributed by atoms with van der Waals surface area (Å²) in [5, 5.41) is 15.4. The fourth-order valence-electron chi connectivity index (χ4n) is 2.25. The Hall–Kier alpha value is -1.85. The predicted molar refractivity (Wildman–Crippen MR) is 84.9 cm³/mol. The molecule has 0 aliphatic rings. The van der Waals surface area contributed by atoms with Crippen LogP contribution in [0.4, 0.5) is 0 Å². The molecule has 0 saturated carbocycles. The summed E-state index contributed by atoms with van der Waals surface area (Å²) in [6, 6.07) is 9.08. The van der Waals surface area contributed by atoms with Crippen LogP contribution in [0.2, 0.25) is 5.02 Å². The van der Waals surface area contributed by atoms with Crippen molar-refractivity contribution in [1.82, 2.24) is 9.78 Å². The number of aromatic carboxylic acids is 1. The molecule has 21 heavy (non-hydrogen) atoms. The van der Waals surface area contributed by atoms with Crippen molar-refractivity contribution in [2.45, 2.75) is 19.8 Å². The molecule has 0 spiro atoms. The van der Waals surface area contributed by atoms with Gasteiger partial charge >= 0.3 is 5.97 Å². The maximum Gasteiger partial charge on any atom is 0.345 e. The van der Waals surface area contributed by atoms with Crippen molar-refractivity contribution >= 4 is 39.1 Å². The molecule has 0 saturated heterocycles. The predicted octanol–water partition coefficient (Wildman–Crippen LogP) is 4.39. The van der Waals surface area contributed by atoms with Gasteiger partial charge in [0, 0.05) is 10.4 Å². The third kappa shape index (κ3) is 2.54. The van der Waals surface area contributed by atoms with Crippen molar-refractivity contribution < 1.29 is 9.90 Å². The van der Waals surface area contributed by atoms with Crippen LogP contribution in [0.3, 0.4) is 0 Å². The fourth-order valence-corrected chi connectivity index (χ4v) is 3.37. The van der Waals surface area contributed by atoms with E-state index < -0.39 is 5.97 Å². The van der Waals surface area contributed by atoms with E-state index in [2.05, 4.69) is 12.0 Å². The number of carboxylic acid groups (broad SMARTS) is 1. The van der Waals surface area contributed by atoms with E-state index in [0.29, 0.717) is 9.90 Å². The van der Waals surface area contributed by atoms with E-state index >= 15 is 0 Å². The van der Waals surface area contributed by atoms with Crippen molar-refractivity contribution in [3.63, 3.8) is 0 Å². The number of aromatic nitrogens is 2. The Morgan fingerprint density at radius 2 is 2.10 bits per heavy atom. The smallest absolute Gasteiger partial charge is 0.345 e. The van der Waals surface area contributed by atoms with Crippen molar-refractivity contribution in [2.24, 2.45) is 0 Å². The Labute approximate surface area is 130 Å². The van der Waals surface area contributed by atoms with E-state index in [-0.39, 0.29) is 0 Å². The summed E-state index contributed by atoms with van der Waals surface area (Å²) >= 11 is 7.16. The molecule has 2 heterocycles. The molecule has 0 fully saturated rings. The monoisotopic (exact) mass is 320 g/mol. The second-order valence-electron chi connectivity index (χ2n) is 4.72. The lowest BCUT2D eigenvalue weighted by molar-refractivity contribution is 0.0702. The van der Waals surface area contributed by atoms with E-state index in [1.54, 1.807) is 22.9 Å². The number of hydrogen-bond acceptors (Lipinski definition) is 3. The third-order valence-corrected chi connectivity index (χ3v) is 4.56. The SMILES string of the molecule is CCCc1nn(-c2ccc(Cl)cc2)c2sc(C(=O)O)cc12. The van der Waals surface area contributed by atoms with Crippen molar-refractivity contribution in [3.05, 3.63) is 45.9 Å². The minimum atomic E-state index is -0.902. The van der Waals surface area contributed by atoms with Crippen LogP contribution >= 0.6 is 22.9 Å². The molecule has 0 amide bonds. The Kier molecular flexibility index (Phi) is 3.69. The van der Waals surface area contributed by atoms with E-state index in [1.165, 1.54) is 11.3 Å². The molecule has 108 valence electrons. The maximum absolute atomic E-state index is 11.2. The summed E-state index contributed by atoms with van der Waals surface area (Å²) in [5.41, 5.74) is 1.82. The number of fused-ring (bicyclic) bond motifs is 1. The van der Waals surface area contributed by atoms with Crippen LogP contribution in [0.5, 0.6) is 0 Å². The lowest BCUT2D eigenvalue weighted by atomic mass is 10.2. The molecule has 0 radical (unpaired) electrons. The first-order valence-corrected chi connectivity index (χ1v) is 7.80. The Balaban J connectivity index is 2.21. The van der Waals surface area contributed by atoms with Gasteiger partial charge in [-0.1, -0.05) is 24.9 Å². The van der Waals surface area contributed by atoms with Crippen molar-refractivity contribution in [1.29, 1.82) is 0 Å². The van der Waals surface area contributed by atoms with Gasteiger partial charge in [-0.2, -0.15) is 5.10 Å². The molecule has 6 heteroatoms. The first-order chi connectivity index (χ1) is 10.1. The topological polar surface area (TPSA) is 55.1 Å². The third-order valence-electron chi connectivity index (χ3n) is 3.21. The van der Waals surface area contributed by atoms with E-state index in [9.17, 15) is 9.90 Å². The molecule has 0 bridgehead atoms. The molecule has 0 unspecified atom stereocenters. The molecule has 3 aromatic rings. The number of aryl methyl sites for hydroxylation is 1. The molecule has 4 nitrogen and oxygen atoms in total. The molecule has 0 atom stereocenters. The van der Waals surface area contributed by atoms with Crippen LogP contribution in [0.25, 0.3) is 15.9 Å². The van der Waals surface area contributed by atoms with Gasteiger partial charge in [0.05, 0.1) is 11.4 Å². The highest BCUT2D eigenvalue weighted by atomic mass is 35.5. The largest absolute Gasteiger partial charge is 0.477 e. The summed E-state index contributed by atoms with van der Waals surface area (Å²) in [4.78, 5) is 12.4. The number of thiophene rings is 1. The van der Waals surface area contributed by atoms with Gasteiger partial charge in [0.1, 0.15) is 9.71 Å². The van der Waals surface area contributed by atoms with Gasteiger partial charge in [0.2, 0.25) is 0 Å². The highest BCUT2D eigenvalue weighted by molar-refractivity contribution is 7.20. The molecule has 0 aliphatic heterocycles. The molecule has 1 aromatic carbocycles. The zero-order valence-electron chi connectivity index (χ0n) is 11.3. The normalized spacial score (nSPS) is 11.1. The highest BCUT2D eigenvalue weighted by Gasteiger charge is 2.17. The van der Waals surface area contributed by atoms with Gasteiger partial charge in [-0.05, 0) is 36.8 Å². The van der Waals surface area contributed by atoms with Crippen LogP contribution in [0.1, 0.15) is 28.7 Å². The molecular formula is C15H13ClN2O2S. The Morgan fingerprint density at radius 1 is 1.38 bits per heavy atom. The second kappa shape index (κ2) is 5.50. The summed E-state index contributed by atoms with van der Waals surface area (Å²) in [6.45, 7) is 2.08. The van der Waals surface area contributed by atoms with Gasteiger partial charge in [-0.25, -0.2) is 9.48 Å². The van der Waals surface area contributed by atoms with Crippen molar-refractivity contribution in [2.75, 3.05) is 0 Å². The molecule has 3 rings (SSSR count). The standard InChI is InChI=1S/C15H13ClN2O2S/c1-2-3-12-11-8-13(15(19)20)21-14(11)18(17-12)10-6-4-9(16)5-7-10/h4-8H,2-3H2,1H3,(H,19,20). The van der Waals surface area contributed by atoms with E-state index in [0.717, 1.165) is 34.4 Å². The zero-order chi connectivity index (χ0) is 15.0. The van der Waals surface area contributed by atoms with Crippen LogP contribution in [-0.4, -0.2) is 20.9 Å². The average Bonchev–Trinajstić information content (AvgIpc) is 3.01. The lowest BCUT2D eigenvalue weighted by Gasteiger charge is -2.02. The number of hydrogen-bond donors (Lipinski definition) is 1. The summed E-state index contributed by atoms with van der Waals surface area (Å²) in [5.74, 6) is -0.902. The van der Waals surface area contributed by atoms with Gasteiger partial charge in [0.25, 0.3) is 0 Å². The summed E-state index contributed by atoms with van der Waals surface area (Å²) in [7, 11) is 0. The number of carboxylic acids is 1. The first kappa shape index (κ1) is 14.1. The minimum Gasteiger partial charge on any atom is -0.477 e.